The van der Waals surface area contributed by atoms with Crippen LogP contribution in [-0.2, 0) is 19.5 Å². The molecule has 0 saturated carbocycles. The van der Waals surface area contributed by atoms with Crippen LogP contribution in [0.5, 0.6) is 0 Å². The van der Waals surface area contributed by atoms with Crippen LogP contribution < -0.4 is 0 Å². The van der Waals surface area contributed by atoms with Crippen molar-refractivity contribution in [2.45, 2.75) is 13.8 Å². The van der Waals surface area contributed by atoms with Crippen molar-refractivity contribution < 1.29 is 19.5 Å². The third kappa shape index (κ3) is 3.56. The molecule has 0 bridgehead atoms. The number of pyridine rings is 2. The molecule has 0 aliphatic heterocycles. The fourth-order valence-electron chi connectivity index (χ4n) is 1.98. The molecular formula is C16H14N4Zn. The van der Waals surface area contributed by atoms with Crippen LogP contribution in [0.4, 0.5) is 0 Å². The maximum absolute atomic E-state index is 4.44. The number of hydrogen-bond donors (Lipinski definition) is 0. The molecule has 0 aliphatic carbocycles. The quantitative estimate of drug-likeness (QED) is 0.678. The summed E-state index contributed by atoms with van der Waals surface area (Å²) in [5.41, 5.74) is 5.14. The normalized spacial score (nSPS) is 10.0. The minimum Gasteiger partial charge on any atom is -0.251 e. The van der Waals surface area contributed by atoms with E-state index in [0.29, 0.717) is 0 Å². The Bertz CT molecular complexity index is 677. The van der Waals surface area contributed by atoms with Crippen LogP contribution in [0.2, 0.25) is 0 Å². The largest absolute Gasteiger partial charge is 0.251 e. The van der Waals surface area contributed by atoms with Crippen molar-refractivity contribution >= 4 is 0 Å². The third-order valence-electron chi connectivity index (χ3n) is 2.97. The van der Waals surface area contributed by atoms with Crippen LogP contribution in [0.1, 0.15) is 11.4 Å². The van der Waals surface area contributed by atoms with Crippen molar-refractivity contribution in [3.8, 4) is 22.8 Å². The van der Waals surface area contributed by atoms with Gasteiger partial charge in [-0.1, -0.05) is 12.1 Å². The van der Waals surface area contributed by atoms with Crippen molar-refractivity contribution in [1.29, 1.82) is 0 Å². The summed E-state index contributed by atoms with van der Waals surface area (Å²) in [5.74, 6) is 0. The SMILES string of the molecule is Cc1cccc(-c2ccc(-c3cccc(C)n3)nn2)n1.[Zn]. The molecule has 0 aliphatic rings. The van der Waals surface area contributed by atoms with Gasteiger partial charge in [0.15, 0.2) is 0 Å². The molecule has 0 N–H and O–H groups in total. The molecule has 3 rings (SSSR count). The van der Waals surface area contributed by atoms with Crippen molar-refractivity contribution in [3.63, 3.8) is 0 Å². The number of rotatable bonds is 2. The smallest absolute Gasteiger partial charge is 0.111 e. The minimum absolute atomic E-state index is 0. The zero-order chi connectivity index (χ0) is 13.9. The van der Waals surface area contributed by atoms with Gasteiger partial charge in [0.2, 0.25) is 0 Å². The second-order valence-corrected chi connectivity index (χ2v) is 4.63. The predicted molar refractivity (Wildman–Crippen MR) is 78.0 cm³/mol. The predicted octanol–water partition coefficient (Wildman–Crippen LogP) is 3.21. The van der Waals surface area contributed by atoms with Crippen LogP contribution in [-0.4, -0.2) is 20.2 Å². The summed E-state index contributed by atoms with van der Waals surface area (Å²) in [6.45, 7) is 3.92. The molecule has 3 aromatic rings. The molecule has 0 radical (unpaired) electrons. The Kier molecular flexibility index (Phi) is 4.87. The zero-order valence-electron chi connectivity index (χ0n) is 12.1. The van der Waals surface area contributed by atoms with Crippen LogP contribution in [0.3, 0.4) is 0 Å². The van der Waals surface area contributed by atoms with Gasteiger partial charge in [-0.25, -0.2) is 0 Å². The molecule has 0 atom stereocenters. The Morgan fingerprint density at radius 1 is 0.571 bits per heavy atom. The fraction of sp³-hybridized carbons (Fsp3) is 0.125. The van der Waals surface area contributed by atoms with Gasteiger partial charge in [0, 0.05) is 30.9 Å². The average molecular weight is 328 g/mol. The van der Waals surface area contributed by atoms with E-state index in [1.54, 1.807) is 0 Å². The first kappa shape index (κ1) is 15.4. The molecule has 0 aromatic carbocycles. The van der Waals surface area contributed by atoms with Crippen LogP contribution in [0, 0.1) is 13.8 Å². The Balaban J connectivity index is 0.00000161. The van der Waals surface area contributed by atoms with E-state index in [1.165, 1.54) is 0 Å². The van der Waals surface area contributed by atoms with Crippen molar-refractivity contribution in [2.75, 3.05) is 0 Å². The molecule has 0 saturated heterocycles. The summed E-state index contributed by atoms with van der Waals surface area (Å²) in [7, 11) is 0. The van der Waals surface area contributed by atoms with Crippen molar-refractivity contribution in [1.82, 2.24) is 20.2 Å². The van der Waals surface area contributed by atoms with Gasteiger partial charge >= 0.3 is 0 Å². The molecule has 21 heavy (non-hydrogen) atoms. The molecule has 3 aromatic heterocycles. The zero-order valence-corrected chi connectivity index (χ0v) is 15.1. The maximum atomic E-state index is 4.44. The van der Waals surface area contributed by atoms with Crippen LogP contribution in [0.15, 0.2) is 48.5 Å². The van der Waals surface area contributed by atoms with E-state index in [0.717, 1.165) is 34.2 Å². The van der Waals surface area contributed by atoms with E-state index in [9.17, 15) is 0 Å². The Hall–Kier alpha value is -2.00. The average Bonchev–Trinajstić information content (AvgIpc) is 2.47. The molecule has 4 nitrogen and oxygen atoms in total. The second kappa shape index (κ2) is 6.64. The number of nitrogens with zero attached hydrogens (tertiary/aromatic N) is 4. The van der Waals surface area contributed by atoms with Gasteiger partial charge in [-0.15, -0.1) is 10.2 Å². The number of aromatic nitrogens is 4. The molecule has 100 valence electrons. The minimum atomic E-state index is 0. The molecule has 5 heteroatoms. The van der Waals surface area contributed by atoms with E-state index in [1.807, 2.05) is 62.4 Å². The molecule has 0 spiro atoms. The second-order valence-electron chi connectivity index (χ2n) is 4.63. The summed E-state index contributed by atoms with van der Waals surface area (Å²) in [4.78, 5) is 8.88. The Morgan fingerprint density at radius 2 is 1.00 bits per heavy atom. The van der Waals surface area contributed by atoms with Gasteiger partial charge in [-0.05, 0) is 50.2 Å². The summed E-state index contributed by atoms with van der Waals surface area (Å²) >= 11 is 0. The summed E-state index contributed by atoms with van der Waals surface area (Å²) < 4.78 is 0. The summed E-state index contributed by atoms with van der Waals surface area (Å²) in [6, 6.07) is 15.6. The van der Waals surface area contributed by atoms with Crippen molar-refractivity contribution in [3.05, 3.63) is 59.9 Å². The van der Waals surface area contributed by atoms with E-state index < -0.39 is 0 Å². The number of hydrogen-bond acceptors (Lipinski definition) is 4. The van der Waals surface area contributed by atoms with Gasteiger partial charge in [-0.3, -0.25) is 9.97 Å². The van der Waals surface area contributed by atoms with E-state index in [2.05, 4.69) is 20.2 Å². The van der Waals surface area contributed by atoms with Gasteiger partial charge in [0.1, 0.15) is 11.4 Å². The maximum Gasteiger partial charge on any atom is 0.111 e. The van der Waals surface area contributed by atoms with Gasteiger partial charge < -0.3 is 0 Å². The molecular weight excluding hydrogens is 314 g/mol. The summed E-state index contributed by atoms with van der Waals surface area (Å²) in [6.07, 6.45) is 0. The van der Waals surface area contributed by atoms with Crippen LogP contribution in [0.25, 0.3) is 22.8 Å². The van der Waals surface area contributed by atoms with Gasteiger partial charge in [0.05, 0.1) is 11.4 Å². The monoisotopic (exact) mass is 326 g/mol. The molecule has 0 amide bonds. The molecule has 0 fully saturated rings. The van der Waals surface area contributed by atoms with E-state index in [-0.39, 0.29) is 19.5 Å². The Labute approximate surface area is 136 Å². The van der Waals surface area contributed by atoms with E-state index >= 15 is 0 Å². The first-order valence-corrected chi connectivity index (χ1v) is 6.44. The first-order valence-electron chi connectivity index (χ1n) is 6.44. The standard InChI is InChI=1S/C16H14N4.Zn/c1-11-5-3-7-13(17-11)15-9-10-16(20-19-15)14-8-4-6-12(2)18-14;/h3-10H,1-2H3;. The summed E-state index contributed by atoms with van der Waals surface area (Å²) in [5, 5.41) is 8.49. The first-order chi connectivity index (χ1) is 9.72. The van der Waals surface area contributed by atoms with Crippen molar-refractivity contribution in [2.24, 2.45) is 0 Å². The molecule has 3 heterocycles. The van der Waals surface area contributed by atoms with Crippen LogP contribution >= 0.6 is 0 Å². The third-order valence-corrected chi connectivity index (χ3v) is 2.97. The fourth-order valence-corrected chi connectivity index (χ4v) is 1.98. The molecule has 0 unspecified atom stereocenters. The van der Waals surface area contributed by atoms with Gasteiger partial charge in [0.25, 0.3) is 0 Å². The topological polar surface area (TPSA) is 51.6 Å². The Morgan fingerprint density at radius 3 is 1.33 bits per heavy atom. The van der Waals surface area contributed by atoms with E-state index in [4.69, 9.17) is 0 Å². The van der Waals surface area contributed by atoms with Gasteiger partial charge in [-0.2, -0.15) is 0 Å². The number of aryl methyl sites for hydroxylation is 2.